The molecule has 1 aliphatic carbocycles. The Labute approximate surface area is 193 Å². The summed E-state index contributed by atoms with van der Waals surface area (Å²) >= 11 is 0. The smallest absolute Gasteiger partial charge is 0.312 e. The predicted octanol–water partition coefficient (Wildman–Crippen LogP) is 6.00. The van der Waals surface area contributed by atoms with Crippen LogP contribution in [0, 0.1) is 0 Å². The second-order valence-corrected chi connectivity index (χ2v) is 9.06. The van der Waals surface area contributed by atoms with Gasteiger partial charge in [0.05, 0.1) is 0 Å². The molecule has 4 nitrogen and oxygen atoms in total. The summed E-state index contributed by atoms with van der Waals surface area (Å²) < 4.78 is 0. The largest absolute Gasteiger partial charge is 0.345 e. The van der Waals surface area contributed by atoms with Gasteiger partial charge < -0.3 is 10.2 Å². The number of hydrogen-bond acceptors (Lipinski definition) is 2. The van der Waals surface area contributed by atoms with Crippen LogP contribution in [0.3, 0.4) is 0 Å². The first-order valence-electron chi connectivity index (χ1n) is 12.4. The van der Waals surface area contributed by atoms with Gasteiger partial charge in [0.1, 0.15) is 0 Å². The van der Waals surface area contributed by atoms with E-state index in [-0.39, 0.29) is 6.04 Å². The third kappa shape index (κ3) is 8.49. The molecule has 0 aliphatic heterocycles. The Morgan fingerprint density at radius 2 is 1.06 bits per heavy atom. The Morgan fingerprint density at radius 1 is 0.656 bits per heavy atom. The highest BCUT2D eigenvalue weighted by Gasteiger charge is 2.24. The Hall–Kier alpha value is -2.62. The maximum absolute atomic E-state index is 13.2. The van der Waals surface area contributed by atoms with Crippen LogP contribution >= 0.6 is 0 Å². The molecule has 0 heterocycles. The van der Waals surface area contributed by atoms with Crippen LogP contribution in [-0.4, -0.2) is 22.8 Å². The van der Waals surface area contributed by atoms with Gasteiger partial charge in [-0.3, -0.25) is 9.59 Å². The lowest BCUT2D eigenvalue weighted by atomic mass is 9.98. The van der Waals surface area contributed by atoms with Gasteiger partial charge in [-0.15, -0.1) is 0 Å². The van der Waals surface area contributed by atoms with E-state index in [0.717, 1.165) is 36.8 Å². The summed E-state index contributed by atoms with van der Waals surface area (Å²) in [5.41, 5.74) is 2.05. The number of carbonyl (C=O) groups is 2. The SMILES string of the molecule is O=C(NC1CCCCCCCCCCC1)C(=O)N(Cc1ccccc1)Cc1ccccc1. The number of hydrogen-bond donors (Lipinski definition) is 1. The Bertz CT molecular complexity index is 753. The highest BCUT2D eigenvalue weighted by atomic mass is 16.2. The minimum Gasteiger partial charge on any atom is -0.345 e. The normalized spacial score (nSPS) is 16.4. The van der Waals surface area contributed by atoms with E-state index in [0.29, 0.717) is 13.1 Å². The van der Waals surface area contributed by atoms with Crippen LogP contribution in [0.5, 0.6) is 0 Å². The van der Waals surface area contributed by atoms with Gasteiger partial charge in [0.25, 0.3) is 0 Å². The summed E-state index contributed by atoms with van der Waals surface area (Å²) in [6.45, 7) is 0.847. The molecular weight excluding hydrogens is 396 g/mol. The second-order valence-electron chi connectivity index (χ2n) is 9.06. The molecule has 1 N–H and O–H groups in total. The molecular formula is C28H38N2O2. The molecule has 0 spiro atoms. The van der Waals surface area contributed by atoms with Crippen LogP contribution < -0.4 is 5.32 Å². The zero-order chi connectivity index (χ0) is 22.4. The first kappa shape index (κ1) is 24.0. The van der Waals surface area contributed by atoms with E-state index in [1.54, 1.807) is 4.90 Å². The fourth-order valence-electron chi connectivity index (χ4n) is 4.51. The quantitative estimate of drug-likeness (QED) is 0.586. The van der Waals surface area contributed by atoms with Crippen LogP contribution in [0.2, 0.25) is 0 Å². The number of nitrogens with one attached hydrogen (secondary N) is 1. The van der Waals surface area contributed by atoms with Gasteiger partial charge in [-0.2, -0.15) is 0 Å². The minimum atomic E-state index is -0.464. The van der Waals surface area contributed by atoms with Crippen LogP contribution in [-0.2, 0) is 22.7 Å². The lowest BCUT2D eigenvalue weighted by molar-refractivity contribution is -0.147. The summed E-state index contributed by atoms with van der Waals surface area (Å²) in [5.74, 6) is -0.905. The van der Waals surface area contributed by atoms with Gasteiger partial charge in [-0.1, -0.05) is 118 Å². The maximum Gasteiger partial charge on any atom is 0.312 e. The monoisotopic (exact) mass is 434 g/mol. The van der Waals surface area contributed by atoms with E-state index in [1.165, 1.54) is 44.9 Å². The molecule has 2 aromatic rings. The van der Waals surface area contributed by atoms with Crippen LogP contribution in [0.25, 0.3) is 0 Å². The number of rotatable bonds is 5. The van der Waals surface area contributed by atoms with Gasteiger partial charge in [0, 0.05) is 19.1 Å². The lowest BCUT2D eigenvalue weighted by Crippen LogP contribution is -2.46. The molecule has 0 radical (unpaired) electrons. The van der Waals surface area contributed by atoms with Crippen molar-refractivity contribution in [3.8, 4) is 0 Å². The summed E-state index contributed by atoms with van der Waals surface area (Å²) in [6.07, 6.45) is 13.2. The third-order valence-corrected chi connectivity index (χ3v) is 6.35. The Morgan fingerprint density at radius 3 is 1.50 bits per heavy atom. The molecule has 0 aromatic heterocycles. The molecule has 2 aromatic carbocycles. The van der Waals surface area contributed by atoms with Crippen molar-refractivity contribution in [2.75, 3.05) is 0 Å². The highest BCUT2D eigenvalue weighted by molar-refractivity contribution is 6.35. The van der Waals surface area contributed by atoms with Crippen LogP contribution in [0.15, 0.2) is 60.7 Å². The average Bonchev–Trinajstić information content (AvgIpc) is 2.81. The van der Waals surface area contributed by atoms with Gasteiger partial charge >= 0.3 is 11.8 Å². The highest BCUT2D eigenvalue weighted by Crippen LogP contribution is 2.17. The summed E-state index contributed by atoms with van der Waals surface area (Å²) in [5, 5.41) is 3.09. The Balaban J connectivity index is 1.64. The van der Waals surface area contributed by atoms with Crippen LogP contribution in [0.1, 0.15) is 81.8 Å². The summed E-state index contributed by atoms with van der Waals surface area (Å²) in [4.78, 5) is 27.9. The fraction of sp³-hybridized carbons (Fsp3) is 0.500. The van der Waals surface area contributed by atoms with Crippen molar-refractivity contribution in [3.05, 3.63) is 71.8 Å². The van der Waals surface area contributed by atoms with Crippen molar-refractivity contribution >= 4 is 11.8 Å². The topological polar surface area (TPSA) is 49.4 Å². The van der Waals surface area contributed by atoms with E-state index in [1.807, 2.05) is 60.7 Å². The molecule has 172 valence electrons. The second kappa shape index (κ2) is 13.7. The molecule has 0 bridgehead atoms. The fourth-order valence-corrected chi connectivity index (χ4v) is 4.51. The number of carbonyl (C=O) groups excluding carboxylic acids is 2. The molecule has 2 amide bonds. The van der Waals surface area contributed by atoms with E-state index in [9.17, 15) is 9.59 Å². The van der Waals surface area contributed by atoms with Gasteiger partial charge in [-0.05, 0) is 24.0 Å². The molecule has 4 heteroatoms. The average molecular weight is 435 g/mol. The van der Waals surface area contributed by atoms with Crippen molar-refractivity contribution in [2.24, 2.45) is 0 Å². The van der Waals surface area contributed by atoms with Crippen molar-refractivity contribution in [3.63, 3.8) is 0 Å². The van der Waals surface area contributed by atoms with Crippen molar-refractivity contribution in [1.29, 1.82) is 0 Å². The molecule has 1 saturated carbocycles. The molecule has 1 fully saturated rings. The van der Waals surface area contributed by atoms with E-state index >= 15 is 0 Å². The van der Waals surface area contributed by atoms with Crippen molar-refractivity contribution in [2.45, 2.75) is 89.8 Å². The summed E-state index contributed by atoms with van der Waals surface area (Å²) in [7, 11) is 0. The molecule has 0 atom stereocenters. The number of amides is 2. The van der Waals surface area contributed by atoms with Crippen molar-refractivity contribution in [1.82, 2.24) is 10.2 Å². The number of benzene rings is 2. The van der Waals surface area contributed by atoms with Crippen LogP contribution in [0.4, 0.5) is 0 Å². The van der Waals surface area contributed by atoms with E-state index in [2.05, 4.69) is 5.32 Å². The zero-order valence-electron chi connectivity index (χ0n) is 19.3. The first-order valence-corrected chi connectivity index (χ1v) is 12.4. The first-order chi connectivity index (χ1) is 15.7. The van der Waals surface area contributed by atoms with Crippen molar-refractivity contribution < 1.29 is 9.59 Å². The minimum absolute atomic E-state index is 0.0983. The Kier molecular flexibility index (Phi) is 10.3. The van der Waals surface area contributed by atoms with Gasteiger partial charge in [-0.25, -0.2) is 0 Å². The van der Waals surface area contributed by atoms with Gasteiger partial charge in [0.15, 0.2) is 0 Å². The molecule has 3 rings (SSSR count). The third-order valence-electron chi connectivity index (χ3n) is 6.35. The van der Waals surface area contributed by atoms with Gasteiger partial charge in [0.2, 0.25) is 0 Å². The predicted molar refractivity (Wildman–Crippen MR) is 130 cm³/mol. The standard InChI is InChI=1S/C28H38N2O2/c31-27(29-26-20-14-6-4-2-1-3-5-7-15-21-26)28(32)30(22-24-16-10-8-11-17-24)23-25-18-12-9-13-19-25/h8-13,16-19,26H,1-7,14-15,20-23H2,(H,29,31). The molecule has 0 unspecified atom stereocenters. The lowest BCUT2D eigenvalue weighted by Gasteiger charge is -2.25. The summed E-state index contributed by atoms with van der Waals surface area (Å²) in [6, 6.07) is 19.9. The van der Waals surface area contributed by atoms with E-state index < -0.39 is 11.8 Å². The molecule has 32 heavy (non-hydrogen) atoms. The maximum atomic E-state index is 13.2. The van der Waals surface area contributed by atoms with E-state index in [4.69, 9.17) is 0 Å². The molecule has 0 saturated heterocycles. The molecule has 1 aliphatic rings. The number of nitrogens with zero attached hydrogens (tertiary/aromatic N) is 1. The zero-order valence-corrected chi connectivity index (χ0v) is 19.3.